The normalized spacial score (nSPS) is 15.9. The van der Waals surface area contributed by atoms with Gasteiger partial charge < -0.3 is 15.7 Å². The van der Waals surface area contributed by atoms with Crippen LogP contribution in [0.25, 0.3) is 0 Å². The molecule has 3 rings (SSSR count). The van der Waals surface area contributed by atoms with Gasteiger partial charge in [-0.2, -0.15) is 0 Å². The van der Waals surface area contributed by atoms with Gasteiger partial charge in [0.15, 0.2) is 0 Å². The summed E-state index contributed by atoms with van der Waals surface area (Å²) in [5.41, 5.74) is 1.05. The summed E-state index contributed by atoms with van der Waals surface area (Å²) in [4.78, 5) is 25.8. The highest BCUT2D eigenvalue weighted by Crippen LogP contribution is 2.42. The third-order valence-electron chi connectivity index (χ3n) is 6.65. The van der Waals surface area contributed by atoms with Crippen LogP contribution in [-0.2, 0) is 21.1 Å². The van der Waals surface area contributed by atoms with Gasteiger partial charge in [-0.05, 0) is 61.9 Å². The van der Waals surface area contributed by atoms with Crippen LogP contribution in [0.5, 0.6) is 0 Å². The quantitative estimate of drug-likeness (QED) is 0.374. The fourth-order valence-electron chi connectivity index (χ4n) is 4.73. The van der Waals surface area contributed by atoms with Gasteiger partial charge in [0, 0.05) is 23.1 Å². The molecular formula is C26H32Cl2N2O5S. The Kier molecular flexibility index (Phi) is 9.80. The van der Waals surface area contributed by atoms with Crippen molar-refractivity contribution in [3.05, 3.63) is 63.6 Å². The maximum absolute atomic E-state index is 13.2. The van der Waals surface area contributed by atoms with E-state index in [0.717, 1.165) is 31.2 Å². The minimum Gasteiger partial charge on any atom is -0.394 e. The number of aliphatic hydroxyl groups excluding tert-OH is 1. The smallest absolute Gasteiger partial charge is 0.258 e. The van der Waals surface area contributed by atoms with Gasteiger partial charge >= 0.3 is 0 Å². The van der Waals surface area contributed by atoms with Crippen molar-refractivity contribution in [3.63, 3.8) is 0 Å². The number of anilines is 1. The van der Waals surface area contributed by atoms with Gasteiger partial charge in [0.1, 0.15) is 9.84 Å². The van der Waals surface area contributed by atoms with E-state index in [1.165, 1.54) is 6.26 Å². The zero-order chi connectivity index (χ0) is 26.3. The Bertz CT molecular complexity index is 1160. The number of hydrogen-bond donors (Lipinski definition) is 3. The minimum atomic E-state index is -3.08. The first-order valence-electron chi connectivity index (χ1n) is 12.0. The molecule has 1 aliphatic rings. The molecule has 10 heteroatoms. The fourth-order valence-corrected chi connectivity index (χ4v) is 5.97. The molecule has 2 aromatic rings. The Balaban J connectivity index is 1.60. The number of sulfone groups is 1. The molecule has 7 nitrogen and oxygen atoms in total. The fraction of sp³-hybridized carbons (Fsp3) is 0.462. The second kappa shape index (κ2) is 12.4. The van der Waals surface area contributed by atoms with Crippen molar-refractivity contribution < 1.29 is 23.1 Å². The molecule has 1 fully saturated rings. The molecule has 0 aliphatic heterocycles. The van der Waals surface area contributed by atoms with E-state index in [1.54, 1.807) is 30.3 Å². The molecule has 1 atom stereocenters. The molecule has 0 radical (unpaired) electrons. The van der Waals surface area contributed by atoms with E-state index in [0.29, 0.717) is 24.9 Å². The topological polar surface area (TPSA) is 113 Å². The summed E-state index contributed by atoms with van der Waals surface area (Å²) >= 11 is 12.2. The Hall–Kier alpha value is -2.13. The summed E-state index contributed by atoms with van der Waals surface area (Å²) < 4.78 is 23.0. The molecule has 0 bridgehead atoms. The first-order chi connectivity index (χ1) is 17.0. The minimum absolute atomic E-state index is 0.0665. The van der Waals surface area contributed by atoms with Gasteiger partial charge in [-0.15, -0.1) is 0 Å². The number of carbonyl (C=O) groups is 2. The van der Waals surface area contributed by atoms with Crippen LogP contribution in [0.3, 0.4) is 0 Å². The van der Waals surface area contributed by atoms with Gasteiger partial charge in [-0.1, -0.05) is 54.2 Å². The highest BCUT2D eigenvalue weighted by molar-refractivity contribution is 7.90. The monoisotopic (exact) mass is 554 g/mol. The summed E-state index contributed by atoms with van der Waals surface area (Å²) in [6.07, 6.45) is 5.90. The van der Waals surface area contributed by atoms with E-state index in [2.05, 4.69) is 10.6 Å². The molecule has 0 saturated heterocycles. The molecule has 0 aromatic heterocycles. The van der Waals surface area contributed by atoms with Crippen molar-refractivity contribution in [3.8, 4) is 0 Å². The number of benzene rings is 2. The molecule has 2 amide bonds. The van der Waals surface area contributed by atoms with E-state index < -0.39 is 27.2 Å². The van der Waals surface area contributed by atoms with Crippen LogP contribution in [0.4, 0.5) is 5.69 Å². The number of hydrogen-bond acceptors (Lipinski definition) is 5. The number of amides is 2. The molecule has 36 heavy (non-hydrogen) atoms. The number of rotatable bonds is 11. The van der Waals surface area contributed by atoms with E-state index in [9.17, 15) is 23.1 Å². The van der Waals surface area contributed by atoms with Crippen LogP contribution < -0.4 is 10.6 Å². The van der Waals surface area contributed by atoms with E-state index in [4.69, 9.17) is 23.2 Å². The van der Waals surface area contributed by atoms with Crippen molar-refractivity contribution in [2.45, 2.75) is 51.0 Å². The number of aliphatic hydroxyl groups is 1. The van der Waals surface area contributed by atoms with Gasteiger partial charge in [-0.25, -0.2) is 8.42 Å². The maximum atomic E-state index is 13.2. The standard InChI is InChI=1S/C26H32Cl2N2O5S/c1-36(34,35)15-5-14-26(12-2-3-13-26)25(33)30-20(17-31)16-18-8-10-19(11-9-18)29-24(32)23-21(27)6-4-7-22(23)28/h4,6-11,20,31H,2-3,5,12-17H2,1H3,(H,29,32)(H,30,33). The van der Waals surface area contributed by atoms with Crippen molar-refractivity contribution in [2.24, 2.45) is 5.41 Å². The highest BCUT2D eigenvalue weighted by atomic mass is 35.5. The Morgan fingerprint density at radius 2 is 1.67 bits per heavy atom. The van der Waals surface area contributed by atoms with Gasteiger partial charge in [0.2, 0.25) is 5.91 Å². The lowest BCUT2D eigenvalue weighted by molar-refractivity contribution is -0.132. The average molecular weight is 556 g/mol. The number of nitrogens with one attached hydrogen (secondary N) is 2. The highest BCUT2D eigenvalue weighted by Gasteiger charge is 2.41. The number of carbonyl (C=O) groups excluding carboxylic acids is 2. The summed E-state index contributed by atoms with van der Waals surface area (Å²) in [6, 6.07) is 11.5. The van der Waals surface area contributed by atoms with Crippen molar-refractivity contribution in [1.29, 1.82) is 0 Å². The Morgan fingerprint density at radius 3 is 2.22 bits per heavy atom. The molecule has 196 valence electrons. The molecule has 3 N–H and O–H groups in total. The molecule has 0 spiro atoms. The predicted molar refractivity (Wildman–Crippen MR) is 143 cm³/mol. The van der Waals surface area contributed by atoms with Gasteiger partial charge in [-0.3, -0.25) is 9.59 Å². The van der Waals surface area contributed by atoms with Crippen molar-refractivity contribution in [2.75, 3.05) is 23.9 Å². The van der Waals surface area contributed by atoms with Crippen LogP contribution in [0.15, 0.2) is 42.5 Å². The summed E-state index contributed by atoms with van der Waals surface area (Å²) in [5.74, 6) is -0.471. The lowest BCUT2D eigenvalue weighted by Gasteiger charge is -2.30. The average Bonchev–Trinajstić information content (AvgIpc) is 3.29. The third kappa shape index (κ3) is 7.68. The van der Waals surface area contributed by atoms with Crippen molar-refractivity contribution in [1.82, 2.24) is 5.32 Å². The Labute approximate surface area is 222 Å². The second-order valence-electron chi connectivity index (χ2n) is 9.53. The van der Waals surface area contributed by atoms with Crippen LogP contribution in [-0.4, -0.2) is 50.0 Å². The lowest BCUT2D eigenvalue weighted by Crippen LogP contribution is -2.47. The Morgan fingerprint density at radius 1 is 1.06 bits per heavy atom. The van der Waals surface area contributed by atoms with E-state index in [1.807, 2.05) is 12.1 Å². The lowest BCUT2D eigenvalue weighted by atomic mass is 9.80. The first kappa shape index (κ1) is 28.4. The SMILES string of the molecule is CS(=O)(=O)CCCC1(C(=O)NC(CO)Cc2ccc(NC(=O)c3c(Cl)cccc3Cl)cc2)CCCC1. The van der Waals surface area contributed by atoms with Crippen LogP contribution in [0.1, 0.15) is 54.4 Å². The molecule has 1 unspecified atom stereocenters. The van der Waals surface area contributed by atoms with E-state index in [-0.39, 0.29) is 33.9 Å². The summed E-state index contributed by atoms with van der Waals surface area (Å²) in [5, 5.41) is 16.2. The first-order valence-corrected chi connectivity index (χ1v) is 14.8. The molecule has 1 aliphatic carbocycles. The van der Waals surface area contributed by atoms with Crippen LogP contribution in [0.2, 0.25) is 10.0 Å². The number of halogens is 2. The zero-order valence-electron chi connectivity index (χ0n) is 20.2. The maximum Gasteiger partial charge on any atom is 0.258 e. The third-order valence-corrected chi connectivity index (χ3v) is 8.31. The molecular weight excluding hydrogens is 523 g/mol. The second-order valence-corrected chi connectivity index (χ2v) is 12.6. The van der Waals surface area contributed by atoms with Crippen LogP contribution in [0, 0.1) is 5.41 Å². The van der Waals surface area contributed by atoms with Gasteiger partial charge in [0.05, 0.1) is 28.3 Å². The summed E-state index contributed by atoms with van der Waals surface area (Å²) in [6.45, 7) is -0.228. The molecule has 0 heterocycles. The molecule has 2 aromatic carbocycles. The predicted octanol–water partition coefficient (Wildman–Crippen LogP) is 4.65. The zero-order valence-corrected chi connectivity index (χ0v) is 22.6. The summed E-state index contributed by atoms with van der Waals surface area (Å²) in [7, 11) is -3.08. The van der Waals surface area contributed by atoms with E-state index >= 15 is 0 Å². The largest absolute Gasteiger partial charge is 0.394 e. The van der Waals surface area contributed by atoms with Crippen molar-refractivity contribution >= 4 is 50.5 Å². The van der Waals surface area contributed by atoms with Crippen LogP contribution >= 0.6 is 23.2 Å². The molecule has 1 saturated carbocycles. The van der Waals surface area contributed by atoms with Gasteiger partial charge in [0.25, 0.3) is 5.91 Å².